The zero-order chi connectivity index (χ0) is 23.1. The molecule has 2 aromatic heterocycles. The highest BCUT2D eigenvalue weighted by atomic mass is 19.1. The summed E-state index contributed by atoms with van der Waals surface area (Å²) in [5.41, 5.74) is 3.04. The largest absolute Gasteiger partial charge is 0.459 e. The lowest BCUT2D eigenvalue weighted by Gasteiger charge is -2.10. The number of aryl methyl sites for hydroxylation is 1. The number of amides is 1. The van der Waals surface area contributed by atoms with E-state index in [0.717, 1.165) is 17.0 Å². The van der Waals surface area contributed by atoms with Gasteiger partial charge in [-0.2, -0.15) is 0 Å². The van der Waals surface area contributed by atoms with Crippen LogP contribution in [0.15, 0.2) is 53.1 Å². The Kier molecular flexibility index (Phi) is 7.59. The molecule has 32 heavy (non-hydrogen) atoms. The summed E-state index contributed by atoms with van der Waals surface area (Å²) in [5.74, 6) is -1.24. The number of rotatable bonds is 10. The first-order valence-electron chi connectivity index (χ1n) is 10.3. The molecular weight excluding hydrogens is 415 g/mol. The van der Waals surface area contributed by atoms with E-state index in [1.54, 1.807) is 30.3 Å². The van der Waals surface area contributed by atoms with Gasteiger partial charge < -0.3 is 19.0 Å². The molecule has 1 amide bonds. The number of hydrogen-bond donors (Lipinski definition) is 1. The standard InChI is InChI=1S/C24H25FN2O5/c1-16-13-20(17(2)27(16)14-18-7-9-19(25)10-8-18)21(28)15-32-23(29)6-3-11-26-24(30)22-5-4-12-31-22/h4-5,7-10,12-13H,3,6,11,14-15H2,1-2H3,(H,26,30). The van der Waals surface area contributed by atoms with Crippen molar-refractivity contribution in [1.82, 2.24) is 9.88 Å². The Morgan fingerprint density at radius 3 is 2.56 bits per heavy atom. The molecule has 7 nitrogen and oxygen atoms in total. The summed E-state index contributed by atoms with van der Waals surface area (Å²) in [6, 6.07) is 11.1. The van der Waals surface area contributed by atoms with Crippen LogP contribution in [0.25, 0.3) is 0 Å². The zero-order valence-corrected chi connectivity index (χ0v) is 18.0. The highest BCUT2D eigenvalue weighted by molar-refractivity contribution is 5.99. The van der Waals surface area contributed by atoms with E-state index >= 15 is 0 Å². The molecule has 0 bridgehead atoms. The Morgan fingerprint density at radius 2 is 1.88 bits per heavy atom. The van der Waals surface area contributed by atoms with Gasteiger partial charge >= 0.3 is 5.97 Å². The SMILES string of the molecule is Cc1cc(C(=O)COC(=O)CCCNC(=O)c2ccco2)c(C)n1Cc1ccc(F)cc1. The summed E-state index contributed by atoms with van der Waals surface area (Å²) in [7, 11) is 0. The molecule has 0 saturated carbocycles. The fraction of sp³-hybridized carbons (Fsp3) is 0.292. The van der Waals surface area contributed by atoms with Gasteiger partial charge in [-0.25, -0.2) is 4.39 Å². The highest BCUT2D eigenvalue weighted by Crippen LogP contribution is 2.18. The van der Waals surface area contributed by atoms with Gasteiger partial charge in [-0.05, 0) is 56.2 Å². The van der Waals surface area contributed by atoms with Crippen LogP contribution in [0.1, 0.15) is 50.7 Å². The number of aromatic nitrogens is 1. The number of nitrogens with one attached hydrogen (secondary N) is 1. The Bertz CT molecular complexity index is 1080. The summed E-state index contributed by atoms with van der Waals surface area (Å²) in [4.78, 5) is 36.2. The van der Waals surface area contributed by atoms with E-state index in [1.807, 2.05) is 18.4 Å². The van der Waals surface area contributed by atoms with Crippen molar-refractivity contribution in [3.8, 4) is 0 Å². The summed E-state index contributed by atoms with van der Waals surface area (Å²) in [6.07, 6.45) is 1.87. The Labute approximate surface area is 185 Å². The monoisotopic (exact) mass is 440 g/mol. The number of benzene rings is 1. The van der Waals surface area contributed by atoms with Crippen molar-refractivity contribution in [2.24, 2.45) is 0 Å². The van der Waals surface area contributed by atoms with E-state index in [4.69, 9.17) is 9.15 Å². The number of Topliss-reactive ketones (excluding diaryl/α,β-unsaturated/α-hetero) is 1. The first-order chi connectivity index (χ1) is 15.3. The Balaban J connectivity index is 1.45. The van der Waals surface area contributed by atoms with E-state index in [9.17, 15) is 18.8 Å². The van der Waals surface area contributed by atoms with Gasteiger partial charge in [-0.15, -0.1) is 0 Å². The summed E-state index contributed by atoms with van der Waals surface area (Å²) in [5, 5.41) is 2.64. The second-order valence-corrected chi connectivity index (χ2v) is 7.42. The second kappa shape index (κ2) is 10.6. The lowest BCUT2D eigenvalue weighted by molar-refractivity contribution is -0.142. The average Bonchev–Trinajstić information content (AvgIpc) is 3.41. The van der Waals surface area contributed by atoms with Crippen molar-refractivity contribution in [2.45, 2.75) is 33.2 Å². The van der Waals surface area contributed by atoms with Crippen molar-refractivity contribution >= 4 is 17.7 Å². The molecule has 0 saturated heterocycles. The van der Waals surface area contributed by atoms with Gasteiger partial charge in [0.1, 0.15) is 5.82 Å². The quantitative estimate of drug-likeness (QED) is 0.294. The molecule has 8 heteroatoms. The zero-order valence-electron chi connectivity index (χ0n) is 18.0. The minimum absolute atomic E-state index is 0.0787. The summed E-state index contributed by atoms with van der Waals surface area (Å²) >= 11 is 0. The fourth-order valence-corrected chi connectivity index (χ4v) is 3.32. The molecule has 168 valence electrons. The number of carbonyl (C=O) groups excluding carboxylic acids is 3. The fourth-order valence-electron chi connectivity index (χ4n) is 3.32. The molecule has 0 radical (unpaired) electrons. The van der Waals surface area contributed by atoms with Crippen molar-refractivity contribution in [3.05, 3.63) is 82.8 Å². The number of nitrogens with zero attached hydrogens (tertiary/aromatic N) is 1. The Hall–Kier alpha value is -3.68. The maximum Gasteiger partial charge on any atom is 0.306 e. The smallest absolute Gasteiger partial charge is 0.306 e. The number of hydrogen-bond acceptors (Lipinski definition) is 5. The molecule has 0 spiro atoms. The third-order valence-corrected chi connectivity index (χ3v) is 5.08. The van der Waals surface area contributed by atoms with E-state index < -0.39 is 5.97 Å². The maximum absolute atomic E-state index is 13.1. The predicted molar refractivity (Wildman–Crippen MR) is 115 cm³/mol. The van der Waals surface area contributed by atoms with Crippen LogP contribution in [-0.2, 0) is 16.1 Å². The van der Waals surface area contributed by atoms with Crippen molar-refractivity contribution in [2.75, 3.05) is 13.2 Å². The molecule has 3 aromatic rings. The van der Waals surface area contributed by atoms with Crippen molar-refractivity contribution in [3.63, 3.8) is 0 Å². The van der Waals surface area contributed by atoms with Gasteiger partial charge in [0.05, 0.1) is 6.26 Å². The van der Waals surface area contributed by atoms with E-state index in [1.165, 1.54) is 18.4 Å². The first kappa shape index (κ1) is 23.0. The van der Waals surface area contributed by atoms with Crippen LogP contribution < -0.4 is 5.32 Å². The summed E-state index contributed by atoms with van der Waals surface area (Å²) < 4.78 is 25.2. The topological polar surface area (TPSA) is 90.5 Å². The van der Waals surface area contributed by atoms with Crippen LogP contribution in [0.5, 0.6) is 0 Å². The molecule has 2 heterocycles. The second-order valence-electron chi connectivity index (χ2n) is 7.42. The number of ketones is 1. The Morgan fingerprint density at radius 1 is 1.12 bits per heavy atom. The van der Waals surface area contributed by atoms with Crippen LogP contribution in [0.2, 0.25) is 0 Å². The van der Waals surface area contributed by atoms with Crippen LogP contribution in [-0.4, -0.2) is 35.4 Å². The molecule has 0 fully saturated rings. The van der Waals surface area contributed by atoms with Crippen LogP contribution >= 0.6 is 0 Å². The first-order valence-corrected chi connectivity index (χ1v) is 10.3. The number of furan rings is 1. The van der Waals surface area contributed by atoms with Crippen molar-refractivity contribution < 1.29 is 27.9 Å². The molecule has 0 aliphatic carbocycles. The third kappa shape index (κ3) is 5.94. The van der Waals surface area contributed by atoms with Crippen LogP contribution in [0, 0.1) is 19.7 Å². The molecular formula is C24H25FN2O5. The predicted octanol–water partition coefficient (Wildman–Crippen LogP) is 3.82. The minimum atomic E-state index is -0.509. The van der Waals surface area contributed by atoms with Gasteiger partial charge in [0, 0.05) is 36.5 Å². The van der Waals surface area contributed by atoms with Crippen LogP contribution in [0.3, 0.4) is 0 Å². The minimum Gasteiger partial charge on any atom is -0.459 e. The van der Waals surface area contributed by atoms with Gasteiger partial charge in [0.25, 0.3) is 5.91 Å². The number of halogens is 1. The molecule has 0 aliphatic rings. The molecule has 1 aromatic carbocycles. The van der Waals surface area contributed by atoms with E-state index in [0.29, 0.717) is 18.5 Å². The lowest BCUT2D eigenvalue weighted by Crippen LogP contribution is -2.24. The number of carbonyl (C=O) groups is 3. The molecule has 1 N–H and O–H groups in total. The number of ether oxygens (including phenoxy) is 1. The lowest BCUT2D eigenvalue weighted by atomic mass is 10.1. The molecule has 3 rings (SSSR count). The van der Waals surface area contributed by atoms with E-state index in [-0.39, 0.29) is 42.8 Å². The third-order valence-electron chi connectivity index (χ3n) is 5.08. The number of esters is 1. The maximum atomic E-state index is 13.1. The molecule has 0 atom stereocenters. The van der Waals surface area contributed by atoms with Crippen molar-refractivity contribution in [1.29, 1.82) is 0 Å². The van der Waals surface area contributed by atoms with Gasteiger partial charge in [-0.1, -0.05) is 12.1 Å². The van der Waals surface area contributed by atoms with Gasteiger partial charge in [0.2, 0.25) is 5.78 Å². The summed E-state index contributed by atoms with van der Waals surface area (Å²) in [6.45, 7) is 4.16. The van der Waals surface area contributed by atoms with Gasteiger partial charge in [0.15, 0.2) is 12.4 Å². The molecule has 0 unspecified atom stereocenters. The van der Waals surface area contributed by atoms with Crippen LogP contribution in [0.4, 0.5) is 4.39 Å². The normalized spacial score (nSPS) is 10.7. The highest BCUT2D eigenvalue weighted by Gasteiger charge is 2.17. The average molecular weight is 440 g/mol. The molecule has 0 aliphatic heterocycles. The van der Waals surface area contributed by atoms with Gasteiger partial charge in [-0.3, -0.25) is 14.4 Å². The van der Waals surface area contributed by atoms with E-state index in [2.05, 4.69) is 5.32 Å².